The third-order valence-corrected chi connectivity index (χ3v) is 6.05. The molecule has 1 aliphatic heterocycles. The van der Waals surface area contributed by atoms with Gasteiger partial charge in [-0.3, -0.25) is 9.59 Å². The summed E-state index contributed by atoms with van der Waals surface area (Å²) in [5, 5.41) is 0. The van der Waals surface area contributed by atoms with Crippen LogP contribution in [0.1, 0.15) is 92.9 Å². The van der Waals surface area contributed by atoms with Gasteiger partial charge in [0.25, 0.3) is 0 Å². The van der Waals surface area contributed by atoms with Gasteiger partial charge in [0.05, 0.1) is 0 Å². The summed E-state index contributed by atoms with van der Waals surface area (Å²) in [6, 6.07) is 0.226. The fourth-order valence-electron chi connectivity index (χ4n) is 4.12. The number of nitrogens with zero attached hydrogens (tertiary/aromatic N) is 2. The molecule has 0 N–H and O–H groups in total. The van der Waals surface area contributed by atoms with Crippen molar-refractivity contribution in [2.24, 2.45) is 11.8 Å². The lowest BCUT2D eigenvalue weighted by Crippen LogP contribution is -2.61. The van der Waals surface area contributed by atoms with Gasteiger partial charge in [0.15, 0.2) is 0 Å². The van der Waals surface area contributed by atoms with E-state index < -0.39 is 0 Å². The number of hydrogen-bond acceptors (Lipinski definition) is 2. The molecule has 1 aliphatic rings. The molecule has 0 aromatic carbocycles. The van der Waals surface area contributed by atoms with Crippen LogP contribution in [0.5, 0.6) is 0 Å². The summed E-state index contributed by atoms with van der Waals surface area (Å²) in [5.74, 6) is 0.871. The standard InChI is InChI=1S/C22H42N2O2/c1-7-11-13-19(9-3)21(25)23-15-18(6)24(16-17(23)5)22(26)20(10-4)14-12-8-2/h17-20H,7-16H2,1-6H3/t17-,18+,19+,20-. The molecule has 26 heavy (non-hydrogen) atoms. The molecule has 0 unspecified atom stereocenters. The molecule has 1 heterocycles. The first-order chi connectivity index (χ1) is 12.4. The summed E-state index contributed by atoms with van der Waals surface area (Å²) in [6.07, 6.45) is 8.29. The second-order valence-corrected chi connectivity index (χ2v) is 8.17. The monoisotopic (exact) mass is 366 g/mol. The number of hydrogen-bond donors (Lipinski definition) is 0. The van der Waals surface area contributed by atoms with Crippen LogP contribution in [-0.4, -0.2) is 46.8 Å². The summed E-state index contributed by atoms with van der Waals surface area (Å²) >= 11 is 0. The molecule has 0 aromatic rings. The summed E-state index contributed by atoms with van der Waals surface area (Å²) in [4.78, 5) is 30.1. The van der Waals surface area contributed by atoms with Gasteiger partial charge >= 0.3 is 0 Å². The number of carbonyl (C=O) groups is 2. The predicted octanol–water partition coefficient (Wildman–Crippen LogP) is 4.87. The second-order valence-electron chi connectivity index (χ2n) is 8.17. The van der Waals surface area contributed by atoms with E-state index in [1.165, 1.54) is 0 Å². The van der Waals surface area contributed by atoms with Crippen LogP contribution in [0.4, 0.5) is 0 Å². The average molecular weight is 367 g/mol. The second kappa shape index (κ2) is 11.6. The fourth-order valence-corrected chi connectivity index (χ4v) is 4.12. The van der Waals surface area contributed by atoms with Crippen molar-refractivity contribution < 1.29 is 9.59 Å². The van der Waals surface area contributed by atoms with Crippen molar-refractivity contribution in [1.82, 2.24) is 9.80 Å². The van der Waals surface area contributed by atoms with E-state index in [4.69, 9.17) is 0 Å². The SMILES string of the molecule is CCCC[C@H](CC)C(=O)N1C[C@H](C)N(C(=O)[C@H](CC)CCCC)C[C@H]1C. The third-order valence-electron chi connectivity index (χ3n) is 6.05. The average Bonchev–Trinajstić information content (AvgIpc) is 2.64. The summed E-state index contributed by atoms with van der Waals surface area (Å²) in [5.41, 5.74) is 0. The van der Waals surface area contributed by atoms with Gasteiger partial charge in [-0.2, -0.15) is 0 Å². The van der Waals surface area contributed by atoms with Crippen molar-refractivity contribution in [3.63, 3.8) is 0 Å². The van der Waals surface area contributed by atoms with Crippen LogP contribution in [0.25, 0.3) is 0 Å². The van der Waals surface area contributed by atoms with Gasteiger partial charge in [-0.25, -0.2) is 0 Å². The normalized spacial score (nSPS) is 23.0. The summed E-state index contributed by atoms with van der Waals surface area (Å²) < 4.78 is 0. The predicted molar refractivity (Wildman–Crippen MR) is 109 cm³/mol. The largest absolute Gasteiger partial charge is 0.336 e. The lowest BCUT2D eigenvalue weighted by molar-refractivity contribution is -0.151. The van der Waals surface area contributed by atoms with E-state index in [9.17, 15) is 9.59 Å². The topological polar surface area (TPSA) is 40.6 Å². The Bertz CT molecular complexity index is 398. The van der Waals surface area contributed by atoms with Crippen molar-refractivity contribution >= 4 is 11.8 Å². The molecule has 4 nitrogen and oxygen atoms in total. The molecule has 1 saturated heterocycles. The lowest BCUT2D eigenvalue weighted by Gasteiger charge is -2.46. The minimum Gasteiger partial charge on any atom is -0.336 e. The summed E-state index contributed by atoms with van der Waals surface area (Å²) in [7, 11) is 0. The zero-order valence-corrected chi connectivity index (χ0v) is 18.1. The molecule has 4 atom stereocenters. The molecule has 0 spiro atoms. The van der Waals surface area contributed by atoms with Crippen molar-refractivity contribution in [2.45, 2.75) is 105 Å². The van der Waals surface area contributed by atoms with E-state index in [1.807, 2.05) is 9.80 Å². The third kappa shape index (κ3) is 5.99. The van der Waals surface area contributed by atoms with Gasteiger partial charge in [-0.05, 0) is 39.5 Å². The Balaban J connectivity index is 2.76. The van der Waals surface area contributed by atoms with Crippen molar-refractivity contribution in [3.05, 3.63) is 0 Å². The molecule has 0 bridgehead atoms. The first kappa shape index (κ1) is 23.0. The zero-order valence-electron chi connectivity index (χ0n) is 18.1. The number of piperazine rings is 1. The maximum Gasteiger partial charge on any atom is 0.226 e. The van der Waals surface area contributed by atoms with E-state index in [0.29, 0.717) is 24.9 Å². The fraction of sp³-hybridized carbons (Fsp3) is 0.909. The molecule has 0 aliphatic carbocycles. The Hall–Kier alpha value is -1.06. The number of unbranched alkanes of at least 4 members (excludes halogenated alkanes) is 2. The van der Waals surface area contributed by atoms with E-state index in [1.54, 1.807) is 0 Å². The maximum atomic E-state index is 13.0. The quantitative estimate of drug-likeness (QED) is 0.553. The Morgan fingerprint density at radius 2 is 1.12 bits per heavy atom. The molecule has 152 valence electrons. The minimum absolute atomic E-state index is 0.113. The molecule has 0 saturated carbocycles. The Morgan fingerprint density at radius 1 is 0.769 bits per heavy atom. The highest BCUT2D eigenvalue weighted by Gasteiger charge is 2.37. The van der Waals surface area contributed by atoms with Crippen LogP contribution < -0.4 is 0 Å². The van der Waals surface area contributed by atoms with Crippen LogP contribution in [0.3, 0.4) is 0 Å². The molecule has 2 amide bonds. The lowest BCUT2D eigenvalue weighted by atomic mass is 9.94. The van der Waals surface area contributed by atoms with Crippen molar-refractivity contribution in [2.75, 3.05) is 13.1 Å². The highest BCUT2D eigenvalue weighted by molar-refractivity contribution is 5.81. The first-order valence-corrected chi connectivity index (χ1v) is 11.0. The van der Waals surface area contributed by atoms with Gasteiger partial charge in [0, 0.05) is 37.0 Å². The molecule has 1 rings (SSSR count). The Morgan fingerprint density at radius 3 is 1.38 bits per heavy atom. The number of amides is 2. The van der Waals surface area contributed by atoms with Crippen LogP contribution in [0, 0.1) is 11.8 Å². The number of carbonyl (C=O) groups excluding carboxylic acids is 2. The first-order valence-electron chi connectivity index (χ1n) is 11.0. The van der Waals surface area contributed by atoms with Crippen LogP contribution in [-0.2, 0) is 9.59 Å². The molecule has 4 heteroatoms. The van der Waals surface area contributed by atoms with Gasteiger partial charge in [-0.15, -0.1) is 0 Å². The van der Waals surface area contributed by atoms with Crippen LogP contribution in [0.2, 0.25) is 0 Å². The van der Waals surface area contributed by atoms with E-state index in [-0.39, 0.29) is 23.9 Å². The number of rotatable bonds is 10. The molecule has 0 aromatic heterocycles. The Labute approximate surface area is 161 Å². The highest BCUT2D eigenvalue weighted by atomic mass is 16.2. The van der Waals surface area contributed by atoms with Crippen molar-refractivity contribution in [1.29, 1.82) is 0 Å². The Kier molecular flexibility index (Phi) is 10.3. The summed E-state index contributed by atoms with van der Waals surface area (Å²) in [6.45, 7) is 14.1. The molecular weight excluding hydrogens is 324 g/mol. The maximum absolute atomic E-state index is 13.0. The van der Waals surface area contributed by atoms with E-state index in [0.717, 1.165) is 51.4 Å². The minimum atomic E-state index is 0.113. The molecule has 1 fully saturated rings. The van der Waals surface area contributed by atoms with Crippen molar-refractivity contribution in [3.8, 4) is 0 Å². The van der Waals surface area contributed by atoms with Gasteiger partial charge in [-0.1, -0.05) is 53.4 Å². The zero-order chi connectivity index (χ0) is 19.7. The van der Waals surface area contributed by atoms with Gasteiger partial charge in [0.1, 0.15) is 0 Å². The highest BCUT2D eigenvalue weighted by Crippen LogP contribution is 2.25. The van der Waals surface area contributed by atoms with E-state index >= 15 is 0 Å². The van der Waals surface area contributed by atoms with Crippen LogP contribution >= 0.6 is 0 Å². The van der Waals surface area contributed by atoms with Gasteiger partial charge in [0.2, 0.25) is 11.8 Å². The van der Waals surface area contributed by atoms with Gasteiger partial charge < -0.3 is 9.80 Å². The molecule has 0 radical (unpaired) electrons. The molecular formula is C22H42N2O2. The van der Waals surface area contributed by atoms with E-state index in [2.05, 4.69) is 41.5 Å². The smallest absolute Gasteiger partial charge is 0.226 e. The van der Waals surface area contributed by atoms with Crippen LogP contribution in [0.15, 0.2) is 0 Å².